The third-order valence-electron chi connectivity index (χ3n) is 2.71. The number of benzene rings is 2. The van der Waals surface area contributed by atoms with E-state index in [9.17, 15) is 4.39 Å². The predicted molar refractivity (Wildman–Crippen MR) is 72.7 cm³/mol. The Morgan fingerprint density at radius 1 is 1.16 bits per heavy atom. The van der Waals surface area contributed by atoms with E-state index in [-0.39, 0.29) is 11.7 Å². The zero-order valence-electron chi connectivity index (χ0n) is 10.2. The van der Waals surface area contributed by atoms with E-state index in [1.54, 1.807) is 30.3 Å². The van der Waals surface area contributed by atoms with Crippen LogP contribution >= 0.6 is 0 Å². The Hall–Kier alpha value is -2.56. The Morgan fingerprint density at radius 3 is 2.47 bits per heavy atom. The second-order valence-electron chi connectivity index (χ2n) is 4.02. The van der Waals surface area contributed by atoms with Crippen LogP contribution in [0.1, 0.15) is 11.1 Å². The largest absolute Gasteiger partial charge is 0.409 e. The fourth-order valence-electron chi connectivity index (χ4n) is 1.65. The number of rotatable bonds is 4. The van der Waals surface area contributed by atoms with E-state index in [1.165, 1.54) is 6.07 Å². The molecule has 0 radical (unpaired) electrons. The van der Waals surface area contributed by atoms with Gasteiger partial charge in [-0.2, -0.15) is 0 Å². The van der Waals surface area contributed by atoms with Gasteiger partial charge in [0.1, 0.15) is 5.82 Å². The first-order chi connectivity index (χ1) is 9.20. The lowest BCUT2D eigenvalue weighted by Crippen LogP contribution is -2.13. The van der Waals surface area contributed by atoms with Crippen LogP contribution in [-0.2, 0) is 6.54 Å². The number of hydrogen-bond donors (Lipinski definition) is 3. The van der Waals surface area contributed by atoms with Gasteiger partial charge in [-0.1, -0.05) is 41.6 Å². The maximum atomic E-state index is 13.4. The molecule has 0 bridgehead atoms. The van der Waals surface area contributed by atoms with Crippen LogP contribution in [0.5, 0.6) is 0 Å². The Labute approximate surface area is 110 Å². The lowest BCUT2D eigenvalue weighted by atomic mass is 10.1. The first kappa shape index (κ1) is 12.9. The van der Waals surface area contributed by atoms with Gasteiger partial charge in [-0.15, -0.1) is 0 Å². The lowest BCUT2D eigenvalue weighted by Gasteiger charge is -2.08. The number of hydrogen-bond acceptors (Lipinski definition) is 3. The third-order valence-corrected chi connectivity index (χ3v) is 2.71. The highest BCUT2D eigenvalue weighted by Gasteiger charge is 2.01. The maximum Gasteiger partial charge on any atom is 0.170 e. The Bertz CT molecular complexity index is 581. The van der Waals surface area contributed by atoms with Crippen LogP contribution in [0, 0.1) is 5.82 Å². The van der Waals surface area contributed by atoms with Gasteiger partial charge in [-0.25, -0.2) is 4.39 Å². The molecule has 0 aliphatic rings. The molecule has 0 saturated carbocycles. The van der Waals surface area contributed by atoms with E-state index in [0.717, 1.165) is 5.56 Å². The summed E-state index contributed by atoms with van der Waals surface area (Å²) >= 11 is 0. The predicted octanol–water partition coefficient (Wildman–Crippen LogP) is 2.53. The van der Waals surface area contributed by atoms with Crippen LogP contribution in [0.15, 0.2) is 53.7 Å². The molecule has 5 heteroatoms. The summed E-state index contributed by atoms with van der Waals surface area (Å²) in [6.45, 7) is 0.497. The van der Waals surface area contributed by atoms with Gasteiger partial charge in [0.2, 0.25) is 0 Å². The minimum Gasteiger partial charge on any atom is -0.409 e. The smallest absolute Gasteiger partial charge is 0.170 e. The molecular weight excluding hydrogens is 245 g/mol. The highest BCUT2D eigenvalue weighted by atomic mass is 19.1. The van der Waals surface area contributed by atoms with E-state index in [4.69, 9.17) is 10.9 Å². The van der Waals surface area contributed by atoms with Gasteiger partial charge in [0.05, 0.1) is 5.69 Å². The van der Waals surface area contributed by atoms with Gasteiger partial charge in [0.25, 0.3) is 0 Å². The first-order valence-corrected chi connectivity index (χ1v) is 5.76. The van der Waals surface area contributed by atoms with Crippen molar-refractivity contribution in [3.8, 4) is 0 Å². The molecule has 0 amide bonds. The third kappa shape index (κ3) is 3.22. The quantitative estimate of drug-likeness (QED) is 0.342. The Balaban J connectivity index is 2.03. The van der Waals surface area contributed by atoms with Gasteiger partial charge in [-0.05, 0) is 17.7 Å². The first-order valence-electron chi connectivity index (χ1n) is 5.76. The number of nitrogens with two attached hydrogens (primary N) is 1. The molecule has 0 heterocycles. The van der Waals surface area contributed by atoms with Crippen LogP contribution in [0.3, 0.4) is 0 Å². The summed E-state index contributed by atoms with van der Waals surface area (Å²) in [5.74, 6) is -0.218. The normalized spacial score (nSPS) is 11.3. The molecule has 98 valence electrons. The second-order valence-corrected chi connectivity index (χ2v) is 4.02. The number of anilines is 1. The van der Waals surface area contributed by atoms with Crippen LogP contribution in [0.2, 0.25) is 0 Å². The summed E-state index contributed by atoms with van der Waals surface area (Å²) in [6, 6.07) is 13.7. The fraction of sp³-hybridized carbons (Fsp3) is 0.0714. The van der Waals surface area contributed by atoms with Crippen molar-refractivity contribution in [2.75, 3.05) is 5.32 Å². The highest BCUT2D eigenvalue weighted by Crippen LogP contribution is 2.14. The monoisotopic (exact) mass is 259 g/mol. The molecule has 0 aromatic heterocycles. The summed E-state index contributed by atoms with van der Waals surface area (Å²) in [4.78, 5) is 0. The maximum absolute atomic E-state index is 13.4. The SMILES string of the molecule is NC(=NO)c1ccc(CNc2ccccc2F)cc1. The molecule has 0 fully saturated rings. The van der Waals surface area contributed by atoms with Gasteiger partial charge in [0.15, 0.2) is 5.84 Å². The van der Waals surface area contributed by atoms with Crippen molar-refractivity contribution < 1.29 is 9.60 Å². The lowest BCUT2D eigenvalue weighted by molar-refractivity contribution is 0.318. The number of oxime groups is 1. The van der Waals surface area contributed by atoms with Gasteiger partial charge in [0, 0.05) is 12.1 Å². The van der Waals surface area contributed by atoms with Crippen molar-refractivity contribution in [1.82, 2.24) is 0 Å². The molecule has 0 spiro atoms. The molecule has 0 aliphatic carbocycles. The van der Waals surface area contributed by atoms with Gasteiger partial charge in [-0.3, -0.25) is 0 Å². The standard InChI is InChI=1S/C14H14FN3O/c15-12-3-1-2-4-13(12)17-9-10-5-7-11(8-6-10)14(16)18-19/h1-8,17,19H,9H2,(H2,16,18). The average Bonchev–Trinajstić information content (AvgIpc) is 2.46. The van der Waals surface area contributed by atoms with E-state index < -0.39 is 0 Å². The fourth-order valence-corrected chi connectivity index (χ4v) is 1.65. The summed E-state index contributed by atoms with van der Waals surface area (Å²) in [5.41, 5.74) is 7.53. The van der Waals surface area contributed by atoms with E-state index in [1.807, 2.05) is 12.1 Å². The van der Waals surface area contributed by atoms with Gasteiger partial charge < -0.3 is 16.3 Å². The second kappa shape index (κ2) is 5.86. The summed E-state index contributed by atoms with van der Waals surface area (Å²) < 4.78 is 13.4. The van der Waals surface area contributed by atoms with Crippen molar-refractivity contribution in [3.63, 3.8) is 0 Å². The van der Waals surface area contributed by atoms with Crippen LogP contribution in [0.4, 0.5) is 10.1 Å². The van der Waals surface area contributed by atoms with Gasteiger partial charge >= 0.3 is 0 Å². The highest BCUT2D eigenvalue weighted by molar-refractivity contribution is 5.96. The molecule has 19 heavy (non-hydrogen) atoms. The van der Waals surface area contributed by atoms with Crippen molar-refractivity contribution in [2.45, 2.75) is 6.54 Å². The van der Waals surface area contributed by atoms with Crippen molar-refractivity contribution in [2.24, 2.45) is 10.9 Å². The zero-order valence-corrected chi connectivity index (χ0v) is 10.2. The molecule has 4 nitrogen and oxygen atoms in total. The molecule has 2 aromatic carbocycles. The molecular formula is C14H14FN3O. The molecule has 2 aromatic rings. The summed E-state index contributed by atoms with van der Waals surface area (Å²) in [6.07, 6.45) is 0. The van der Waals surface area contributed by atoms with Crippen LogP contribution in [-0.4, -0.2) is 11.0 Å². The number of nitrogens with zero attached hydrogens (tertiary/aromatic N) is 1. The Morgan fingerprint density at radius 2 is 1.84 bits per heavy atom. The van der Waals surface area contributed by atoms with E-state index in [2.05, 4.69) is 10.5 Å². The minimum atomic E-state index is -0.282. The van der Waals surface area contributed by atoms with E-state index in [0.29, 0.717) is 17.8 Å². The van der Waals surface area contributed by atoms with Crippen molar-refractivity contribution in [3.05, 3.63) is 65.5 Å². The number of halogens is 1. The average molecular weight is 259 g/mol. The molecule has 2 rings (SSSR count). The van der Waals surface area contributed by atoms with E-state index >= 15 is 0 Å². The molecule has 4 N–H and O–H groups in total. The molecule has 0 atom stereocenters. The number of para-hydroxylation sites is 1. The van der Waals surface area contributed by atoms with Crippen molar-refractivity contribution >= 4 is 11.5 Å². The number of amidine groups is 1. The van der Waals surface area contributed by atoms with Crippen molar-refractivity contribution in [1.29, 1.82) is 0 Å². The number of nitrogens with one attached hydrogen (secondary N) is 1. The summed E-state index contributed by atoms with van der Waals surface area (Å²) in [5, 5.41) is 14.5. The van der Waals surface area contributed by atoms with Crippen LogP contribution in [0.25, 0.3) is 0 Å². The zero-order chi connectivity index (χ0) is 13.7. The molecule has 0 aliphatic heterocycles. The minimum absolute atomic E-state index is 0.0635. The molecule has 0 saturated heterocycles. The van der Waals surface area contributed by atoms with Crippen LogP contribution < -0.4 is 11.1 Å². The summed E-state index contributed by atoms with van der Waals surface area (Å²) in [7, 11) is 0. The molecule has 0 unspecified atom stereocenters. The Kier molecular flexibility index (Phi) is 3.97. The topological polar surface area (TPSA) is 70.6 Å².